The summed E-state index contributed by atoms with van der Waals surface area (Å²) in [5.41, 5.74) is 3.39. The number of rotatable bonds is 8. The van der Waals surface area contributed by atoms with Gasteiger partial charge in [0.1, 0.15) is 0 Å². The first-order valence-corrected chi connectivity index (χ1v) is 11.9. The average Bonchev–Trinajstić information content (AvgIpc) is 2.75. The van der Waals surface area contributed by atoms with E-state index < -0.39 is 23.3 Å². The highest BCUT2D eigenvalue weighted by atomic mass is 32.2. The number of fused-ring (bicyclic) bond motifs is 1. The highest BCUT2D eigenvalue weighted by Crippen LogP contribution is 2.40. The van der Waals surface area contributed by atoms with Crippen molar-refractivity contribution in [2.45, 2.75) is 52.6 Å². The van der Waals surface area contributed by atoms with E-state index in [0.29, 0.717) is 11.1 Å². The van der Waals surface area contributed by atoms with E-state index in [0.717, 1.165) is 12.0 Å². The van der Waals surface area contributed by atoms with Gasteiger partial charge in [-0.2, -0.15) is 17.4 Å². The molecule has 0 amide bonds. The maximum Gasteiger partial charge on any atom is 0.451 e. The number of anilines is 1. The number of para-hydroxylation sites is 1. The smallest absolute Gasteiger partial charge is 0.451 e. The van der Waals surface area contributed by atoms with Crippen molar-refractivity contribution in [3.8, 4) is 11.5 Å². The zero-order chi connectivity index (χ0) is 26.0. The number of benzene rings is 2. The number of methoxy groups -OCH3 is 1. The molecule has 1 atom stereocenters. The monoisotopic (exact) mass is 510 g/mol. The van der Waals surface area contributed by atoms with Gasteiger partial charge in [0, 0.05) is 5.39 Å². The number of hydrogen-bond donors (Lipinski definition) is 2. The van der Waals surface area contributed by atoms with Crippen molar-refractivity contribution in [2.75, 3.05) is 12.5 Å². The second kappa shape index (κ2) is 9.98. The normalized spacial score (nSPS) is 13.5. The topological polar surface area (TPSA) is 85.4 Å². The lowest BCUT2D eigenvalue weighted by molar-refractivity contribution is -0.144. The molecule has 0 saturated heterocycles. The number of halogens is 3. The molecular weight excluding hydrogens is 481 g/mol. The molecule has 0 aliphatic heterocycles. The van der Waals surface area contributed by atoms with Gasteiger partial charge in [-0.05, 0) is 47.1 Å². The predicted molar refractivity (Wildman–Crippen MR) is 130 cm³/mol. The summed E-state index contributed by atoms with van der Waals surface area (Å²) in [5, 5.41) is 0.313. The Morgan fingerprint density at radius 2 is 1.66 bits per heavy atom. The van der Waals surface area contributed by atoms with Crippen LogP contribution in [-0.2, 0) is 22.9 Å². The summed E-state index contributed by atoms with van der Waals surface area (Å²) in [4.78, 5) is 9.45. The molecule has 2 aromatic carbocycles. The van der Waals surface area contributed by atoms with Crippen LogP contribution in [0.1, 0.15) is 52.4 Å². The van der Waals surface area contributed by atoms with Gasteiger partial charge in [-0.25, -0.2) is 9.97 Å². The van der Waals surface area contributed by atoms with Crippen LogP contribution < -0.4 is 19.2 Å². The summed E-state index contributed by atoms with van der Waals surface area (Å²) in [7, 11) is 1.46. The van der Waals surface area contributed by atoms with E-state index in [9.17, 15) is 17.4 Å². The maximum absolute atomic E-state index is 13.2. The second-order valence-corrected chi connectivity index (χ2v) is 10.8. The van der Waals surface area contributed by atoms with Gasteiger partial charge in [0.15, 0.2) is 17.3 Å². The highest BCUT2D eigenvalue weighted by Gasteiger charge is 2.35. The van der Waals surface area contributed by atoms with Crippen molar-refractivity contribution >= 4 is 28.0 Å². The molecule has 3 aromatic rings. The van der Waals surface area contributed by atoms with Crippen LogP contribution in [0.4, 0.5) is 19.0 Å². The fourth-order valence-electron chi connectivity index (χ4n) is 4.08. The first kappa shape index (κ1) is 26.7. The molecule has 35 heavy (non-hydrogen) atoms. The van der Waals surface area contributed by atoms with Crippen LogP contribution in [0.2, 0.25) is 0 Å². The van der Waals surface area contributed by atoms with Gasteiger partial charge in [-0.1, -0.05) is 52.8 Å². The van der Waals surface area contributed by atoms with E-state index in [1.807, 2.05) is 6.07 Å². The van der Waals surface area contributed by atoms with Crippen molar-refractivity contribution in [1.29, 1.82) is 0 Å². The minimum atomic E-state index is -4.75. The summed E-state index contributed by atoms with van der Waals surface area (Å²) in [6, 6.07) is 11.6. The van der Waals surface area contributed by atoms with Crippen LogP contribution in [-0.4, -0.2) is 21.3 Å². The molecule has 11 heteroatoms. The van der Waals surface area contributed by atoms with Crippen LogP contribution in [0.25, 0.3) is 10.9 Å². The minimum Gasteiger partial charge on any atom is -0.493 e. The number of hydrazine groups is 1. The molecule has 0 bridgehead atoms. The van der Waals surface area contributed by atoms with Crippen molar-refractivity contribution in [1.82, 2.24) is 14.8 Å². The third kappa shape index (κ3) is 6.82. The SMILES string of the molecule is COc1ccc(C(C)(C)CC(C)(C)C)cc1OS(=O)NNc1nc(C(F)(F)F)nc2ccccc12. The quantitative estimate of drug-likeness (QED) is 0.365. The van der Waals surface area contributed by atoms with E-state index >= 15 is 0 Å². The molecular formula is C24H29F3N4O3S. The Morgan fingerprint density at radius 3 is 2.29 bits per heavy atom. The zero-order valence-electron chi connectivity index (χ0n) is 20.4. The Bertz CT molecular complexity index is 1230. The molecule has 0 saturated carbocycles. The number of aromatic nitrogens is 2. The lowest BCUT2D eigenvalue weighted by atomic mass is 9.72. The molecule has 0 fully saturated rings. The lowest BCUT2D eigenvalue weighted by Gasteiger charge is -2.33. The Hall–Kier alpha value is -2.92. The first-order valence-electron chi connectivity index (χ1n) is 10.8. The van der Waals surface area contributed by atoms with Crippen molar-refractivity contribution in [2.24, 2.45) is 5.41 Å². The molecule has 0 spiro atoms. The predicted octanol–water partition coefficient (Wildman–Crippen LogP) is 5.95. The molecule has 1 aromatic heterocycles. The number of ether oxygens (including phenoxy) is 1. The van der Waals surface area contributed by atoms with Gasteiger partial charge in [-0.3, -0.25) is 5.43 Å². The van der Waals surface area contributed by atoms with Gasteiger partial charge in [0.25, 0.3) is 0 Å². The van der Waals surface area contributed by atoms with E-state index in [4.69, 9.17) is 8.92 Å². The van der Waals surface area contributed by atoms with Crippen molar-refractivity contribution in [3.05, 3.63) is 53.9 Å². The summed E-state index contributed by atoms with van der Waals surface area (Å²) in [6.45, 7) is 10.7. The fourth-order valence-corrected chi connectivity index (χ4v) is 4.60. The highest BCUT2D eigenvalue weighted by molar-refractivity contribution is 7.78. The Kier molecular flexibility index (Phi) is 7.61. The summed E-state index contributed by atoms with van der Waals surface area (Å²) in [5.74, 6) is -0.917. The molecule has 7 nitrogen and oxygen atoms in total. The third-order valence-corrected chi connectivity index (χ3v) is 5.79. The van der Waals surface area contributed by atoms with Crippen LogP contribution >= 0.6 is 0 Å². The van der Waals surface area contributed by atoms with Gasteiger partial charge >= 0.3 is 17.4 Å². The van der Waals surface area contributed by atoms with Crippen LogP contribution in [0.5, 0.6) is 11.5 Å². The standard InChI is InChI=1S/C24H29F3N4O3S/c1-22(2,3)14-23(4,5)15-11-12-18(33-6)19(13-15)34-35(32)31-30-20-16-9-7-8-10-17(16)28-21(29-20)24(25,26)27/h7-13,31H,14H2,1-6H3,(H,28,29,30). The summed E-state index contributed by atoms with van der Waals surface area (Å²) >= 11 is -2.19. The number of alkyl halides is 3. The molecule has 3 rings (SSSR count). The van der Waals surface area contributed by atoms with E-state index in [1.165, 1.54) is 13.2 Å². The van der Waals surface area contributed by atoms with Gasteiger partial charge in [0.05, 0.1) is 12.6 Å². The molecule has 1 heterocycles. The van der Waals surface area contributed by atoms with E-state index in [1.54, 1.807) is 30.3 Å². The lowest BCUT2D eigenvalue weighted by Crippen LogP contribution is -2.29. The maximum atomic E-state index is 13.2. The first-order chi connectivity index (χ1) is 16.2. The number of nitrogens with zero attached hydrogens (tertiary/aromatic N) is 2. The second-order valence-electron chi connectivity index (χ2n) is 9.94. The largest absolute Gasteiger partial charge is 0.493 e. The van der Waals surface area contributed by atoms with Gasteiger partial charge in [0.2, 0.25) is 5.82 Å². The summed E-state index contributed by atoms with van der Waals surface area (Å²) in [6.07, 6.45) is -3.86. The zero-order valence-corrected chi connectivity index (χ0v) is 21.2. The number of hydrogen-bond acceptors (Lipinski definition) is 6. The van der Waals surface area contributed by atoms with Gasteiger partial charge < -0.3 is 8.92 Å². The Morgan fingerprint density at radius 1 is 0.971 bits per heavy atom. The van der Waals surface area contributed by atoms with E-state index in [2.05, 4.69) is 54.8 Å². The Labute approximate surface area is 205 Å². The molecule has 190 valence electrons. The van der Waals surface area contributed by atoms with Crippen LogP contribution in [0.15, 0.2) is 42.5 Å². The number of nitrogens with one attached hydrogen (secondary N) is 2. The molecule has 0 aliphatic rings. The molecule has 2 N–H and O–H groups in total. The molecule has 1 unspecified atom stereocenters. The average molecular weight is 511 g/mol. The van der Waals surface area contributed by atoms with Gasteiger partial charge in [-0.15, -0.1) is 4.83 Å². The fraction of sp³-hybridized carbons (Fsp3) is 0.417. The molecule has 0 aliphatic carbocycles. The van der Waals surface area contributed by atoms with Crippen molar-refractivity contribution in [3.63, 3.8) is 0 Å². The van der Waals surface area contributed by atoms with Crippen LogP contribution in [0.3, 0.4) is 0 Å². The Balaban J connectivity index is 1.82. The van der Waals surface area contributed by atoms with Crippen molar-refractivity contribution < 1.29 is 26.3 Å². The summed E-state index contributed by atoms with van der Waals surface area (Å²) < 4.78 is 63.2. The van der Waals surface area contributed by atoms with E-state index in [-0.39, 0.29) is 27.9 Å². The molecule has 0 radical (unpaired) electrons. The third-order valence-electron chi connectivity index (χ3n) is 5.19. The van der Waals surface area contributed by atoms with Crippen LogP contribution in [0, 0.1) is 5.41 Å². The minimum absolute atomic E-state index is 0.0777.